The van der Waals surface area contributed by atoms with Gasteiger partial charge in [0.15, 0.2) is 15.6 Å². The number of nitrogens with zero attached hydrogens (tertiary/aromatic N) is 2. The van der Waals surface area contributed by atoms with Crippen molar-refractivity contribution in [2.24, 2.45) is 0 Å². The van der Waals surface area contributed by atoms with E-state index in [1.54, 1.807) is 29.2 Å². The number of rotatable bonds is 5. The highest BCUT2D eigenvalue weighted by atomic mass is 79.9. The Kier molecular flexibility index (Phi) is 6.15. The minimum Gasteiger partial charge on any atom is -0.455 e. The molecule has 0 spiro atoms. The second kappa shape index (κ2) is 8.84. The third-order valence-electron chi connectivity index (χ3n) is 5.14. The van der Waals surface area contributed by atoms with Gasteiger partial charge in [-0.2, -0.15) is 0 Å². The lowest BCUT2D eigenvalue weighted by molar-refractivity contribution is 0.0713. The Morgan fingerprint density at radius 3 is 2.23 bits per heavy atom. The molecule has 31 heavy (non-hydrogen) atoms. The second-order valence-electron chi connectivity index (χ2n) is 7.23. The molecule has 6 nitrogen and oxygen atoms in total. The number of hydrogen-bond acceptors (Lipinski definition) is 5. The Morgan fingerprint density at radius 2 is 1.58 bits per heavy atom. The van der Waals surface area contributed by atoms with E-state index in [1.807, 2.05) is 0 Å². The van der Waals surface area contributed by atoms with Crippen molar-refractivity contribution < 1.29 is 22.0 Å². The average molecular weight is 507 g/mol. The Hall–Kier alpha value is -2.65. The molecule has 2 aromatic carbocycles. The summed E-state index contributed by atoms with van der Waals surface area (Å²) in [5.74, 6) is -0.535. The van der Waals surface area contributed by atoms with Crippen LogP contribution >= 0.6 is 15.9 Å². The van der Waals surface area contributed by atoms with Crippen LogP contribution in [0.25, 0.3) is 0 Å². The summed E-state index contributed by atoms with van der Waals surface area (Å²) in [4.78, 5) is 16.7. The predicted octanol–water partition coefficient (Wildman–Crippen LogP) is 4.12. The molecule has 1 fully saturated rings. The molecule has 1 aromatic heterocycles. The molecule has 1 aliphatic rings. The number of furan rings is 1. The molecule has 0 N–H and O–H groups in total. The van der Waals surface area contributed by atoms with Crippen molar-refractivity contribution in [1.29, 1.82) is 0 Å². The van der Waals surface area contributed by atoms with E-state index >= 15 is 0 Å². The van der Waals surface area contributed by atoms with Crippen molar-refractivity contribution >= 4 is 37.4 Å². The highest BCUT2D eigenvalue weighted by molar-refractivity contribution is 9.10. The van der Waals surface area contributed by atoms with Gasteiger partial charge in [0, 0.05) is 36.3 Å². The molecule has 4 rings (SSSR count). The van der Waals surface area contributed by atoms with E-state index in [-0.39, 0.29) is 33.9 Å². The molecular weight excluding hydrogens is 487 g/mol. The Morgan fingerprint density at radius 1 is 0.935 bits per heavy atom. The van der Waals surface area contributed by atoms with Crippen LogP contribution in [-0.2, 0) is 15.6 Å². The first-order chi connectivity index (χ1) is 14.8. The molecule has 2 heterocycles. The van der Waals surface area contributed by atoms with Gasteiger partial charge in [0.25, 0.3) is 5.91 Å². The van der Waals surface area contributed by atoms with E-state index in [4.69, 9.17) is 4.42 Å². The van der Waals surface area contributed by atoms with Crippen molar-refractivity contribution in [2.75, 3.05) is 31.1 Å². The first kappa shape index (κ1) is 21.6. The number of anilines is 1. The summed E-state index contributed by atoms with van der Waals surface area (Å²) in [6, 6.07) is 15.7. The van der Waals surface area contributed by atoms with Crippen molar-refractivity contribution in [3.63, 3.8) is 0 Å². The lowest BCUT2D eigenvalue weighted by Crippen LogP contribution is -2.48. The van der Waals surface area contributed by atoms with Crippen LogP contribution in [0.1, 0.15) is 16.3 Å². The van der Waals surface area contributed by atoms with Crippen LogP contribution in [0.4, 0.5) is 10.1 Å². The number of carbonyl (C=O) groups excluding carboxylic acids is 1. The van der Waals surface area contributed by atoms with Crippen molar-refractivity contribution in [3.05, 3.63) is 82.5 Å². The smallest absolute Gasteiger partial charge is 0.289 e. The number of benzene rings is 2. The zero-order valence-electron chi connectivity index (χ0n) is 16.5. The number of carbonyl (C=O) groups is 1. The molecule has 0 unspecified atom stereocenters. The SMILES string of the molecule is O=C(c1ccc(CS(=O)(=O)c2ccc(Br)cc2)o1)N1CCN(c2ccc(F)cc2)CC1. The molecule has 1 amide bonds. The molecule has 0 radical (unpaired) electrons. The van der Waals surface area contributed by atoms with Crippen molar-refractivity contribution in [3.8, 4) is 0 Å². The lowest BCUT2D eigenvalue weighted by atomic mass is 10.2. The zero-order chi connectivity index (χ0) is 22.0. The topological polar surface area (TPSA) is 70.8 Å². The monoisotopic (exact) mass is 506 g/mol. The van der Waals surface area contributed by atoms with Gasteiger partial charge in [-0.3, -0.25) is 4.79 Å². The summed E-state index contributed by atoms with van der Waals surface area (Å²) in [6.07, 6.45) is 0. The fraction of sp³-hybridized carbons (Fsp3) is 0.227. The van der Waals surface area contributed by atoms with Gasteiger partial charge in [-0.05, 0) is 60.7 Å². The van der Waals surface area contributed by atoms with Gasteiger partial charge in [-0.15, -0.1) is 0 Å². The van der Waals surface area contributed by atoms with Crippen molar-refractivity contribution in [1.82, 2.24) is 4.90 Å². The lowest BCUT2D eigenvalue weighted by Gasteiger charge is -2.35. The normalized spacial score (nSPS) is 14.6. The second-order valence-corrected chi connectivity index (χ2v) is 10.1. The molecule has 162 valence electrons. The fourth-order valence-corrected chi connectivity index (χ4v) is 4.97. The van der Waals surface area contributed by atoms with Gasteiger partial charge in [0.1, 0.15) is 17.3 Å². The minimum absolute atomic E-state index is 0.122. The zero-order valence-corrected chi connectivity index (χ0v) is 18.9. The Labute approximate surface area is 188 Å². The van der Waals surface area contributed by atoms with E-state index in [0.717, 1.165) is 10.2 Å². The maximum absolute atomic E-state index is 13.1. The van der Waals surface area contributed by atoms with Crippen LogP contribution in [-0.4, -0.2) is 45.4 Å². The molecule has 0 bridgehead atoms. The maximum atomic E-state index is 13.1. The summed E-state index contributed by atoms with van der Waals surface area (Å²) in [6.45, 7) is 2.21. The van der Waals surface area contributed by atoms with Crippen LogP contribution in [0, 0.1) is 5.82 Å². The molecular formula is C22H20BrFN2O4S. The van der Waals surface area contributed by atoms with Gasteiger partial charge in [0.05, 0.1) is 4.90 Å². The quantitative estimate of drug-likeness (QED) is 0.520. The van der Waals surface area contributed by atoms with Gasteiger partial charge >= 0.3 is 0 Å². The number of sulfone groups is 1. The van der Waals surface area contributed by atoms with E-state index in [0.29, 0.717) is 26.2 Å². The predicted molar refractivity (Wildman–Crippen MR) is 118 cm³/mol. The molecule has 0 atom stereocenters. The van der Waals surface area contributed by atoms with Crippen LogP contribution in [0.15, 0.2) is 74.4 Å². The molecule has 3 aromatic rings. The van der Waals surface area contributed by atoms with E-state index in [2.05, 4.69) is 20.8 Å². The van der Waals surface area contributed by atoms with Crippen LogP contribution in [0.3, 0.4) is 0 Å². The average Bonchev–Trinajstić information content (AvgIpc) is 3.22. The number of piperazine rings is 1. The van der Waals surface area contributed by atoms with Gasteiger partial charge in [-0.1, -0.05) is 15.9 Å². The highest BCUT2D eigenvalue weighted by Crippen LogP contribution is 2.22. The molecule has 0 aliphatic carbocycles. The Balaban J connectivity index is 1.38. The van der Waals surface area contributed by atoms with E-state index < -0.39 is 9.84 Å². The third kappa shape index (κ3) is 4.99. The molecule has 1 aliphatic heterocycles. The summed E-state index contributed by atoms with van der Waals surface area (Å²) in [5.41, 5.74) is 0.909. The summed E-state index contributed by atoms with van der Waals surface area (Å²) < 4.78 is 44.6. The fourth-order valence-electron chi connectivity index (χ4n) is 3.46. The largest absolute Gasteiger partial charge is 0.455 e. The van der Waals surface area contributed by atoms with Crippen molar-refractivity contribution in [2.45, 2.75) is 10.6 Å². The summed E-state index contributed by atoms with van der Waals surface area (Å²) in [7, 11) is -3.58. The summed E-state index contributed by atoms with van der Waals surface area (Å²) >= 11 is 3.28. The van der Waals surface area contributed by atoms with Gasteiger partial charge in [0.2, 0.25) is 0 Å². The first-order valence-corrected chi connectivity index (χ1v) is 12.1. The minimum atomic E-state index is -3.58. The summed E-state index contributed by atoms with van der Waals surface area (Å²) in [5, 5.41) is 0. The first-order valence-electron chi connectivity index (χ1n) is 9.69. The van der Waals surface area contributed by atoms with Crippen LogP contribution in [0.2, 0.25) is 0 Å². The van der Waals surface area contributed by atoms with Gasteiger partial charge in [-0.25, -0.2) is 12.8 Å². The number of amides is 1. The van der Waals surface area contributed by atoms with E-state index in [9.17, 15) is 17.6 Å². The highest BCUT2D eigenvalue weighted by Gasteiger charge is 2.25. The van der Waals surface area contributed by atoms with E-state index in [1.165, 1.54) is 36.4 Å². The molecule has 1 saturated heterocycles. The standard InChI is InChI=1S/C22H20BrFN2O4S/c23-16-1-8-20(9-2-16)31(28,29)15-19-7-10-21(30-19)22(27)26-13-11-25(12-14-26)18-5-3-17(24)4-6-18/h1-10H,11-15H2. The maximum Gasteiger partial charge on any atom is 0.289 e. The Bertz CT molecular complexity index is 1170. The third-order valence-corrected chi connectivity index (χ3v) is 7.32. The van der Waals surface area contributed by atoms with Crippen LogP contribution in [0.5, 0.6) is 0 Å². The van der Waals surface area contributed by atoms with Crippen LogP contribution < -0.4 is 4.90 Å². The number of halogens is 2. The van der Waals surface area contributed by atoms with Gasteiger partial charge < -0.3 is 14.2 Å². The molecule has 0 saturated carbocycles. The number of hydrogen-bond donors (Lipinski definition) is 0. The molecule has 9 heteroatoms.